The summed E-state index contributed by atoms with van der Waals surface area (Å²) in [7, 11) is -3.94. The fourth-order valence-electron chi connectivity index (χ4n) is 2.51. The highest BCUT2D eigenvalue weighted by atomic mass is 32.2. The van der Waals surface area contributed by atoms with Gasteiger partial charge in [-0.15, -0.1) is 0 Å². The minimum Gasteiger partial charge on any atom is -0.368 e. The Morgan fingerprint density at radius 2 is 1.80 bits per heavy atom. The Labute approximate surface area is 144 Å². The van der Waals surface area contributed by atoms with Crippen LogP contribution < -0.4 is 5.73 Å². The first-order valence-electron chi connectivity index (χ1n) is 7.55. The van der Waals surface area contributed by atoms with E-state index in [0.717, 1.165) is 0 Å². The molecule has 25 heavy (non-hydrogen) atoms. The molecular weight excluding hydrogens is 345 g/mol. The van der Waals surface area contributed by atoms with E-state index in [9.17, 15) is 13.2 Å². The van der Waals surface area contributed by atoms with E-state index in [1.807, 2.05) is 0 Å². The van der Waals surface area contributed by atoms with E-state index in [2.05, 4.69) is 4.98 Å². The van der Waals surface area contributed by atoms with E-state index in [-0.39, 0.29) is 22.5 Å². The monoisotopic (exact) mass is 361 g/mol. The Kier molecular flexibility index (Phi) is 4.08. The second-order valence-corrected chi connectivity index (χ2v) is 8.16. The molecule has 0 aliphatic rings. The second-order valence-electron chi connectivity index (χ2n) is 5.82. The third-order valence-corrected chi connectivity index (χ3v) is 5.94. The van der Waals surface area contributed by atoms with E-state index in [4.69, 9.17) is 5.73 Å². The number of anilines is 1. The Balaban J connectivity index is 2.29. The first-order chi connectivity index (χ1) is 11.7. The number of ketones is 1. The molecule has 8 heteroatoms. The Morgan fingerprint density at radius 1 is 1.16 bits per heavy atom. The lowest BCUT2D eigenvalue weighted by molar-refractivity contribution is 0.103. The molecule has 0 saturated heterocycles. The van der Waals surface area contributed by atoms with E-state index in [1.54, 1.807) is 30.3 Å². The van der Waals surface area contributed by atoms with Crippen LogP contribution in [0.1, 0.15) is 29.8 Å². The molecule has 0 saturated carbocycles. The first-order valence-corrected chi connectivity index (χ1v) is 9.06. The number of halogens is 1. The number of nitrogen functional groups attached to an aromatic ring is 1. The largest absolute Gasteiger partial charge is 0.368 e. The highest BCUT2D eigenvalue weighted by Gasteiger charge is 2.28. The molecule has 0 amide bonds. The van der Waals surface area contributed by atoms with Crippen LogP contribution in [0.25, 0.3) is 11.0 Å². The van der Waals surface area contributed by atoms with Gasteiger partial charge < -0.3 is 5.73 Å². The van der Waals surface area contributed by atoms with Crippen LogP contribution in [0.2, 0.25) is 0 Å². The number of benzene rings is 2. The predicted molar refractivity (Wildman–Crippen MR) is 93.4 cm³/mol. The third-order valence-electron chi connectivity index (χ3n) is 3.87. The maximum absolute atomic E-state index is 15.1. The molecule has 1 aromatic heterocycles. The molecular formula is C17H16FN3O3S. The number of hydrogen-bond donors (Lipinski definition) is 1. The average Bonchev–Trinajstić information content (AvgIpc) is 2.93. The number of rotatable bonds is 4. The molecule has 0 bridgehead atoms. The van der Waals surface area contributed by atoms with Crippen molar-refractivity contribution in [3.05, 3.63) is 59.4 Å². The summed E-state index contributed by atoms with van der Waals surface area (Å²) in [5, 5.41) is -0.833. The van der Waals surface area contributed by atoms with Gasteiger partial charge >= 0.3 is 0 Å². The fraction of sp³-hybridized carbons (Fsp3) is 0.176. The van der Waals surface area contributed by atoms with E-state index in [0.29, 0.717) is 9.54 Å². The summed E-state index contributed by atoms with van der Waals surface area (Å²) in [6.45, 7) is 2.91. The van der Waals surface area contributed by atoms with Crippen molar-refractivity contribution in [3.63, 3.8) is 0 Å². The maximum Gasteiger partial charge on any atom is 0.244 e. The number of nitrogens with two attached hydrogens (primary N) is 1. The van der Waals surface area contributed by atoms with Crippen LogP contribution in [-0.4, -0.2) is 28.4 Å². The third kappa shape index (κ3) is 2.68. The van der Waals surface area contributed by atoms with Crippen LogP contribution in [0, 0.1) is 5.82 Å². The van der Waals surface area contributed by atoms with Crippen LogP contribution in [-0.2, 0) is 10.0 Å². The zero-order valence-electron chi connectivity index (χ0n) is 13.6. The van der Waals surface area contributed by atoms with Gasteiger partial charge in [0.1, 0.15) is 5.52 Å². The lowest BCUT2D eigenvalue weighted by atomic mass is 10.0. The van der Waals surface area contributed by atoms with Gasteiger partial charge in [-0.3, -0.25) is 4.79 Å². The molecule has 0 aliphatic heterocycles. The molecule has 2 aromatic carbocycles. The summed E-state index contributed by atoms with van der Waals surface area (Å²) < 4.78 is 40.8. The Morgan fingerprint density at radius 3 is 2.40 bits per heavy atom. The highest BCUT2D eigenvalue weighted by molar-refractivity contribution is 7.90. The van der Waals surface area contributed by atoms with Crippen LogP contribution >= 0.6 is 0 Å². The second kappa shape index (κ2) is 5.96. The van der Waals surface area contributed by atoms with Crippen molar-refractivity contribution in [1.82, 2.24) is 8.96 Å². The van der Waals surface area contributed by atoms with Gasteiger partial charge in [0, 0.05) is 5.56 Å². The van der Waals surface area contributed by atoms with Crippen molar-refractivity contribution in [2.45, 2.75) is 19.1 Å². The van der Waals surface area contributed by atoms with Crippen molar-refractivity contribution in [2.75, 3.05) is 5.73 Å². The Hall–Kier alpha value is -2.74. The van der Waals surface area contributed by atoms with Gasteiger partial charge in [0.25, 0.3) is 0 Å². The van der Waals surface area contributed by atoms with Gasteiger partial charge in [-0.05, 0) is 26.0 Å². The number of carbonyl (C=O) groups excluding carboxylic acids is 1. The minimum atomic E-state index is -3.94. The van der Waals surface area contributed by atoms with Crippen LogP contribution in [0.5, 0.6) is 0 Å². The lowest BCUT2D eigenvalue weighted by Crippen LogP contribution is -2.24. The highest BCUT2D eigenvalue weighted by Crippen LogP contribution is 2.28. The normalized spacial score (nSPS) is 12.0. The molecule has 2 N–H and O–H groups in total. The predicted octanol–water partition coefficient (Wildman–Crippen LogP) is 2.57. The van der Waals surface area contributed by atoms with Gasteiger partial charge in [0.05, 0.1) is 16.3 Å². The topological polar surface area (TPSA) is 95.1 Å². The van der Waals surface area contributed by atoms with Gasteiger partial charge in [-0.25, -0.2) is 21.8 Å². The van der Waals surface area contributed by atoms with Gasteiger partial charge in [-0.2, -0.15) is 0 Å². The molecule has 1 heterocycles. The molecule has 0 radical (unpaired) electrons. The fourth-order valence-corrected chi connectivity index (χ4v) is 3.66. The molecule has 3 aromatic rings. The van der Waals surface area contributed by atoms with Crippen molar-refractivity contribution < 1.29 is 17.6 Å². The quantitative estimate of drug-likeness (QED) is 0.721. The maximum atomic E-state index is 15.1. The molecule has 3 rings (SSSR count). The summed E-state index contributed by atoms with van der Waals surface area (Å²) in [6.07, 6.45) is 0. The summed E-state index contributed by atoms with van der Waals surface area (Å²) >= 11 is 0. The average molecular weight is 361 g/mol. The molecule has 0 fully saturated rings. The Bertz CT molecular complexity index is 1070. The lowest BCUT2D eigenvalue weighted by Gasteiger charge is -2.12. The molecule has 0 spiro atoms. The van der Waals surface area contributed by atoms with Crippen molar-refractivity contribution in [2.24, 2.45) is 0 Å². The zero-order chi connectivity index (χ0) is 18.4. The van der Waals surface area contributed by atoms with Crippen LogP contribution in [0.15, 0.2) is 42.5 Å². The number of fused-ring (bicyclic) bond motifs is 1. The van der Waals surface area contributed by atoms with E-state index < -0.39 is 26.9 Å². The number of imidazole rings is 1. The van der Waals surface area contributed by atoms with E-state index in [1.165, 1.54) is 26.0 Å². The zero-order valence-corrected chi connectivity index (χ0v) is 14.4. The van der Waals surface area contributed by atoms with E-state index >= 15 is 4.39 Å². The van der Waals surface area contributed by atoms with Gasteiger partial charge in [0.2, 0.25) is 16.0 Å². The number of hydrogen-bond acceptors (Lipinski definition) is 5. The van der Waals surface area contributed by atoms with Crippen molar-refractivity contribution in [3.8, 4) is 0 Å². The summed E-state index contributed by atoms with van der Waals surface area (Å²) in [5.41, 5.74) is 5.53. The number of carbonyl (C=O) groups is 1. The molecule has 130 valence electrons. The molecule has 6 nitrogen and oxygen atoms in total. The smallest absolute Gasteiger partial charge is 0.244 e. The van der Waals surface area contributed by atoms with Gasteiger partial charge in [0.15, 0.2) is 11.6 Å². The molecule has 0 unspecified atom stereocenters. The van der Waals surface area contributed by atoms with Crippen molar-refractivity contribution >= 4 is 32.8 Å². The first kappa shape index (κ1) is 17.1. The minimum absolute atomic E-state index is 0.0730. The summed E-state index contributed by atoms with van der Waals surface area (Å²) in [4.78, 5) is 16.5. The van der Waals surface area contributed by atoms with Crippen LogP contribution in [0.4, 0.5) is 10.3 Å². The van der Waals surface area contributed by atoms with Gasteiger partial charge in [-0.1, -0.05) is 30.3 Å². The number of aromatic nitrogens is 2. The van der Waals surface area contributed by atoms with Crippen LogP contribution in [0.3, 0.4) is 0 Å². The SMILES string of the molecule is CC(C)S(=O)(=O)n1c(N)nc2ccc(C(=O)c3ccccc3)c(F)c21. The summed E-state index contributed by atoms with van der Waals surface area (Å²) in [5.74, 6) is -1.85. The van der Waals surface area contributed by atoms with Crippen molar-refractivity contribution in [1.29, 1.82) is 0 Å². The molecule has 0 atom stereocenters. The molecule has 0 aliphatic carbocycles. The number of nitrogens with zero attached hydrogens (tertiary/aromatic N) is 2. The summed E-state index contributed by atoms with van der Waals surface area (Å²) in [6, 6.07) is 10.8. The standard InChI is InChI=1S/C17H16FN3O3S/c1-10(2)25(23,24)21-15-13(20-17(21)19)9-8-12(14(15)18)16(22)11-6-4-3-5-7-11/h3-10H,1-2H3,(H2,19,20).